The summed E-state index contributed by atoms with van der Waals surface area (Å²) in [5.74, 6) is -0.225. The van der Waals surface area contributed by atoms with Crippen LogP contribution in [0.1, 0.15) is 17.0 Å². The van der Waals surface area contributed by atoms with Gasteiger partial charge in [-0.3, -0.25) is 9.59 Å². The molecule has 2 aromatic carbocycles. The van der Waals surface area contributed by atoms with Crippen LogP contribution in [-0.2, 0) is 19.1 Å². The number of hydrogen-bond acceptors (Lipinski definition) is 5. The third-order valence-corrected chi connectivity index (χ3v) is 3.89. The van der Waals surface area contributed by atoms with E-state index in [0.29, 0.717) is 24.7 Å². The summed E-state index contributed by atoms with van der Waals surface area (Å²) in [5.41, 5.74) is 1.46. The molecule has 0 unspecified atom stereocenters. The van der Waals surface area contributed by atoms with Gasteiger partial charge in [-0.2, -0.15) is 0 Å². The normalized spacial score (nSPS) is 12.5. The molecule has 0 fully saturated rings. The molecule has 1 heterocycles. The van der Waals surface area contributed by atoms with Crippen LogP contribution in [0, 0.1) is 0 Å². The standard InChI is InChI=1S/C19H19NO5/c1-23-11-10-20-17(21)12-24-19(22)18-13-6-2-4-8-15(13)25-16-9-5-3-7-14(16)18/h2-9,18H,10-12H2,1H3,(H,20,21). The second-order valence-electron chi connectivity index (χ2n) is 5.56. The first-order valence-corrected chi connectivity index (χ1v) is 7.98. The van der Waals surface area contributed by atoms with E-state index >= 15 is 0 Å². The Bertz CT molecular complexity index is 728. The van der Waals surface area contributed by atoms with E-state index in [1.165, 1.54) is 0 Å². The highest BCUT2D eigenvalue weighted by Gasteiger charge is 2.33. The molecule has 1 amide bonds. The number of benzene rings is 2. The summed E-state index contributed by atoms with van der Waals surface area (Å²) in [5, 5.41) is 2.61. The highest BCUT2D eigenvalue weighted by atomic mass is 16.5. The van der Waals surface area contributed by atoms with Gasteiger partial charge in [0.1, 0.15) is 17.4 Å². The highest BCUT2D eigenvalue weighted by Crippen LogP contribution is 2.44. The molecule has 3 rings (SSSR count). The minimum atomic E-state index is -0.618. The van der Waals surface area contributed by atoms with Gasteiger partial charge in [0, 0.05) is 24.8 Å². The Kier molecular flexibility index (Phi) is 5.30. The van der Waals surface area contributed by atoms with Crippen molar-refractivity contribution in [2.45, 2.75) is 5.92 Å². The fourth-order valence-corrected chi connectivity index (χ4v) is 2.73. The van der Waals surface area contributed by atoms with Crippen LogP contribution in [0.5, 0.6) is 11.5 Å². The van der Waals surface area contributed by atoms with Crippen molar-refractivity contribution < 1.29 is 23.8 Å². The van der Waals surface area contributed by atoms with Crippen LogP contribution in [0.2, 0.25) is 0 Å². The average molecular weight is 341 g/mol. The van der Waals surface area contributed by atoms with Crippen LogP contribution in [0.4, 0.5) is 0 Å². The first kappa shape index (κ1) is 17.0. The fourth-order valence-electron chi connectivity index (χ4n) is 2.73. The lowest BCUT2D eigenvalue weighted by atomic mass is 9.88. The lowest BCUT2D eigenvalue weighted by Gasteiger charge is -2.26. The van der Waals surface area contributed by atoms with Gasteiger partial charge in [0.15, 0.2) is 6.61 Å². The van der Waals surface area contributed by atoms with E-state index in [4.69, 9.17) is 14.2 Å². The molecular weight excluding hydrogens is 322 g/mol. The van der Waals surface area contributed by atoms with Crippen molar-refractivity contribution >= 4 is 11.9 Å². The molecule has 1 aliphatic heterocycles. The van der Waals surface area contributed by atoms with E-state index in [1.807, 2.05) is 48.5 Å². The quantitative estimate of drug-likeness (QED) is 0.644. The Hall–Kier alpha value is -2.86. The van der Waals surface area contributed by atoms with Crippen molar-refractivity contribution in [2.24, 2.45) is 0 Å². The zero-order chi connectivity index (χ0) is 17.6. The van der Waals surface area contributed by atoms with Crippen molar-refractivity contribution in [2.75, 3.05) is 26.9 Å². The molecule has 0 aliphatic carbocycles. The summed E-state index contributed by atoms with van der Waals surface area (Å²) >= 11 is 0. The number of ether oxygens (including phenoxy) is 3. The summed E-state index contributed by atoms with van der Waals surface area (Å²) < 4.78 is 15.9. The van der Waals surface area contributed by atoms with E-state index in [9.17, 15) is 9.59 Å². The molecule has 25 heavy (non-hydrogen) atoms. The Balaban J connectivity index is 1.75. The smallest absolute Gasteiger partial charge is 0.318 e. The van der Waals surface area contributed by atoms with Crippen molar-refractivity contribution in [3.63, 3.8) is 0 Å². The summed E-state index contributed by atoms with van der Waals surface area (Å²) in [4.78, 5) is 24.4. The predicted molar refractivity (Wildman–Crippen MR) is 90.6 cm³/mol. The SMILES string of the molecule is COCCNC(=O)COC(=O)C1c2ccccc2Oc2ccccc21. The Morgan fingerprint density at radius 3 is 2.24 bits per heavy atom. The highest BCUT2D eigenvalue weighted by molar-refractivity contribution is 5.87. The van der Waals surface area contributed by atoms with Crippen LogP contribution in [0.3, 0.4) is 0 Å². The number of para-hydroxylation sites is 2. The minimum Gasteiger partial charge on any atom is -0.457 e. The number of esters is 1. The van der Waals surface area contributed by atoms with Crippen LogP contribution in [-0.4, -0.2) is 38.7 Å². The Morgan fingerprint density at radius 1 is 1.04 bits per heavy atom. The second-order valence-corrected chi connectivity index (χ2v) is 5.56. The molecule has 0 atom stereocenters. The van der Waals surface area contributed by atoms with Crippen molar-refractivity contribution in [3.05, 3.63) is 59.7 Å². The van der Waals surface area contributed by atoms with E-state index < -0.39 is 11.9 Å². The van der Waals surface area contributed by atoms with Gasteiger partial charge in [-0.25, -0.2) is 0 Å². The molecule has 6 heteroatoms. The number of carbonyl (C=O) groups excluding carboxylic acids is 2. The topological polar surface area (TPSA) is 73.9 Å². The summed E-state index contributed by atoms with van der Waals surface area (Å²) in [6.45, 7) is 0.445. The molecule has 0 saturated carbocycles. The van der Waals surface area contributed by atoms with E-state index in [0.717, 1.165) is 11.1 Å². The van der Waals surface area contributed by atoms with Gasteiger partial charge in [-0.05, 0) is 12.1 Å². The maximum absolute atomic E-state index is 12.7. The maximum atomic E-state index is 12.7. The zero-order valence-electron chi connectivity index (χ0n) is 13.9. The van der Waals surface area contributed by atoms with E-state index in [1.54, 1.807) is 7.11 Å². The lowest BCUT2D eigenvalue weighted by Crippen LogP contribution is -2.32. The summed E-state index contributed by atoms with van der Waals surface area (Å²) in [6.07, 6.45) is 0. The predicted octanol–water partition coefficient (Wildman–Crippen LogP) is 2.23. The lowest BCUT2D eigenvalue weighted by molar-refractivity contribution is -0.149. The Morgan fingerprint density at radius 2 is 1.64 bits per heavy atom. The monoisotopic (exact) mass is 341 g/mol. The number of methoxy groups -OCH3 is 1. The first-order valence-electron chi connectivity index (χ1n) is 7.98. The molecule has 0 aromatic heterocycles. The zero-order valence-corrected chi connectivity index (χ0v) is 13.9. The summed E-state index contributed by atoms with van der Waals surface area (Å²) in [6, 6.07) is 14.6. The van der Waals surface area contributed by atoms with Crippen LogP contribution >= 0.6 is 0 Å². The van der Waals surface area contributed by atoms with Gasteiger partial charge < -0.3 is 19.5 Å². The van der Waals surface area contributed by atoms with Gasteiger partial charge in [0.05, 0.1) is 6.61 Å². The molecule has 130 valence electrons. The molecule has 0 radical (unpaired) electrons. The van der Waals surface area contributed by atoms with Gasteiger partial charge >= 0.3 is 5.97 Å². The van der Waals surface area contributed by atoms with Gasteiger partial charge in [-0.1, -0.05) is 36.4 Å². The van der Waals surface area contributed by atoms with Crippen LogP contribution < -0.4 is 10.1 Å². The third-order valence-electron chi connectivity index (χ3n) is 3.89. The molecule has 0 saturated heterocycles. The fraction of sp³-hybridized carbons (Fsp3) is 0.263. The number of hydrogen-bond donors (Lipinski definition) is 1. The Labute approximate surface area is 145 Å². The van der Waals surface area contributed by atoms with E-state index in [-0.39, 0.29) is 12.5 Å². The van der Waals surface area contributed by atoms with Gasteiger partial charge in [0.2, 0.25) is 0 Å². The first-order chi connectivity index (χ1) is 12.2. The van der Waals surface area contributed by atoms with Crippen LogP contribution in [0.15, 0.2) is 48.5 Å². The number of amides is 1. The van der Waals surface area contributed by atoms with Crippen molar-refractivity contribution in [1.82, 2.24) is 5.32 Å². The number of fused-ring (bicyclic) bond motifs is 2. The number of carbonyl (C=O) groups is 2. The maximum Gasteiger partial charge on any atom is 0.318 e. The molecule has 1 N–H and O–H groups in total. The molecule has 1 aliphatic rings. The molecule has 2 aromatic rings. The number of rotatable bonds is 6. The van der Waals surface area contributed by atoms with Gasteiger partial charge in [-0.15, -0.1) is 0 Å². The average Bonchev–Trinajstić information content (AvgIpc) is 2.64. The summed E-state index contributed by atoms with van der Waals surface area (Å²) in [7, 11) is 1.55. The van der Waals surface area contributed by atoms with Crippen molar-refractivity contribution in [1.29, 1.82) is 0 Å². The molecule has 0 spiro atoms. The molecule has 0 bridgehead atoms. The molecule has 6 nitrogen and oxygen atoms in total. The van der Waals surface area contributed by atoms with Gasteiger partial charge in [0.25, 0.3) is 5.91 Å². The minimum absolute atomic E-state index is 0.329. The molecular formula is C19H19NO5. The number of nitrogens with one attached hydrogen (secondary N) is 1. The van der Waals surface area contributed by atoms with Crippen molar-refractivity contribution in [3.8, 4) is 11.5 Å². The second kappa shape index (κ2) is 7.81. The van der Waals surface area contributed by atoms with Crippen LogP contribution in [0.25, 0.3) is 0 Å². The van der Waals surface area contributed by atoms with E-state index in [2.05, 4.69) is 5.32 Å². The largest absolute Gasteiger partial charge is 0.457 e. The third kappa shape index (κ3) is 3.80.